The quantitative estimate of drug-likeness (QED) is 0.458. The molecule has 17 heavy (non-hydrogen) atoms. The predicted octanol–water partition coefficient (Wildman–Crippen LogP) is 0.786. The van der Waals surface area contributed by atoms with Crippen LogP contribution >= 0.6 is 0 Å². The smallest absolute Gasteiger partial charge is 0.148 e. The second kappa shape index (κ2) is 5.29. The third kappa shape index (κ3) is 2.83. The summed E-state index contributed by atoms with van der Waals surface area (Å²) >= 11 is 0. The summed E-state index contributed by atoms with van der Waals surface area (Å²) in [6, 6.07) is 0.373. The van der Waals surface area contributed by atoms with Gasteiger partial charge in [-0.05, 0) is 32.6 Å². The van der Waals surface area contributed by atoms with E-state index in [1.165, 1.54) is 6.33 Å². The Morgan fingerprint density at radius 2 is 1.88 bits per heavy atom. The van der Waals surface area contributed by atoms with E-state index in [2.05, 4.69) is 20.7 Å². The molecule has 1 saturated carbocycles. The number of hydrogen-bond donors (Lipinski definition) is 4. The first-order valence-electron chi connectivity index (χ1n) is 5.93. The van der Waals surface area contributed by atoms with Gasteiger partial charge in [0.2, 0.25) is 0 Å². The zero-order valence-corrected chi connectivity index (χ0v) is 9.98. The third-order valence-electron chi connectivity index (χ3n) is 3.26. The fourth-order valence-corrected chi connectivity index (χ4v) is 2.15. The van der Waals surface area contributed by atoms with Crippen molar-refractivity contribution in [2.45, 2.75) is 44.8 Å². The number of anilines is 2. The zero-order chi connectivity index (χ0) is 12.3. The molecule has 0 bridgehead atoms. The summed E-state index contributed by atoms with van der Waals surface area (Å²) < 4.78 is 0. The molecule has 2 rings (SSSR count). The van der Waals surface area contributed by atoms with Crippen LogP contribution in [-0.4, -0.2) is 27.2 Å². The lowest BCUT2D eigenvalue weighted by atomic mass is 9.93. The largest absolute Gasteiger partial charge is 0.393 e. The van der Waals surface area contributed by atoms with Crippen molar-refractivity contribution in [3.05, 3.63) is 11.9 Å². The Labute approximate surface area is 101 Å². The van der Waals surface area contributed by atoms with Gasteiger partial charge in [0, 0.05) is 11.6 Å². The molecule has 0 unspecified atom stereocenters. The fraction of sp³-hybridized carbons (Fsp3) is 0.636. The van der Waals surface area contributed by atoms with Crippen LogP contribution < -0.4 is 16.6 Å². The van der Waals surface area contributed by atoms with Crippen LogP contribution in [0.25, 0.3) is 0 Å². The lowest BCUT2D eigenvalue weighted by Crippen LogP contribution is -2.29. The van der Waals surface area contributed by atoms with Gasteiger partial charge in [-0.1, -0.05) is 0 Å². The number of aromatic nitrogens is 2. The van der Waals surface area contributed by atoms with Crippen LogP contribution in [0.4, 0.5) is 11.6 Å². The van der Waals surface area contributed by atoms with Gasteiger partial charge in [0.25, 0.3) is 0 Å². The van der Waals surface area contributed by atoms with Crippen molar-refractivity contribution in [3.8, 4) is 0 Å². The minimum Gasteiger partial charge on any atom is -0.393 e. The molecule has 1 aromatic heterocycles. The van der Waals surface area contributed by atoms with Gasteiger partial charge in [-0.2, -0.15) is 0 Å². The molecule has 0 saturated heterocycles. The zero-order valence-electron chi connectivity index (χ0n) is 9.98. The molecule has 0 amide bonds. The summed E-state index contributed by atoms with van der Waals surface area (Å²) in [5, 5.41) is 12.8. The van der Waals surface area contributed by atoms with Crippen LogP contribution in [0.2, 0.25) is 0 Å². The van der Waals surface area contributed by atoms with Gasteiger partial charge in [-0.15, -0.1) is 0 Å². The maximum Gasteiger partial charge on any atom is 0.148 e. The number of aliphatic hydroxyl groups excluding tert-OH is 1. The normalized spacial score (nSPS) is 24.4. The lowest BCUT2D eigenvalue weighted by Gasteiger charge is -2.27. The van der Waals surface area contributed by atoms with E-state index in [1.54, 1.807) is 0 Å². The Balaban J connectivity index is 2.03. The molecule has 1 aromatic rings. The molecule has 94 valence electrons. The Kier molecular flexibility index (Phi) is 3.75. The fourth-order valence-electron chi connectivity index (χ4n) is 2.15. The van der Waals surface area contributed by atoms with E-state index in [9.17, 15) is 5.11 Å². The van der Waals surface area contributed by atoms with Crippen LogP contribution in [0.15, 0.2) is 6.33 Å². The number of nitrogens with zero attached hydrogens (tertiary/aromatic N) is 2. The van der Waals surface area contributed by atoms with Crippen LogP contribution in [0, 0.1) is 6.92 Å². The molecule has 0 atom stereocenters. The summed E-state index contributed by atoms with van der Waals surface area (Å²) in [5.74, 6) is 6.82. The highest BCUT2D eigenvalue weighted by Gasteiger charge is 2.20. The molecular formula is C11H19N5O. The van der Waals surface area contributed by atoms with Crippen LogP contribution in [0.3, 0.4) is 0 Å². The van der Waals surface area contributed by atoms with E-state index < -0.39 is 0 Å². The van der Waals surface area contributed by atoms with E-state index in [4.69, 9.17) is 5.84 Å². The Hall–Kier alpha value is -1.40. The molecule has 1 aliphatic carbocycles. The lowest BCUT2D eigenvalue weighted by molar-refractivity contribution is 0.126. The van der Waals surface area contributed by atoms with Crippen molar-refractivity contribution in [3.63, 3.8) is 0 Å². The number of nitrogen functional groups attached to an aromatic ring is 1. The van der Waals surface area contributed by atoms with Crippen molar-refractivity contribution >= 4 is 11.6 Å². The number of nitrogens with two attached hydrogens (primary N) is 1. The van der Waals surface area contributed by atoms with Crippen LogP contribution in [0.1, 0.15) is 31.2 Å². The standard InChI is InChI=1S/C11H19N5O/c1-7-10(13-6-14-11(7)16-12)15-8-2-4-9(17)5-3-8/h6,8-9,17H,2-5,12H2,1H3,(H2,13,14,15,16). The Morgan fingerprint density at radius 3 is 2.53 bits per heavy atom. The van der Waals surface area contributed by atoms with E-state index in [0.29, 0.717) is 11.9 Å². The average Bonchev–Trinajstić information content (AvgIpc) is 2.35. The number of hydrazine groups is 1. The molecule has 6 heteroatoms. The maximum absolute atomic E-state index is 9.45. The summed E-state index contributed by atoms with van der Waals surface area (Å²) in [6.07, 6.45) is 4.99. The van der Waals surface area contributed by atoms with E-state index in [0.717, 1.165) is 37.1 Å². The van der Waals surface area contributed by atoms with Crippen LogP contribution in [0.5, 0.6) is 0 Å². The summed E-state index contributed by atoms with van der Waals surface area (Å²) in [7, 11) is 0. The highest BCUT2D eigenvalue weighted by Crippen LogP contribution is 2.24. The third-order valence-corrected chi connectivity index (χ3v) is 3.26. The van der Waals surface area contributed by atoms with Crippen molar-refractivity contribution in [2.75, 3.05) is 10.7 Å². The van der Waals surface area contributed by atoms with Gasteiger partial charge >= 0.3 is 0 Å². The number of aliphatic hydroxyl groups is 1. The Morgan fingerprint density at radius 1 is 1.24 bits per heavy atom. The van der Waals surface area contributed by atoms with Crippen LogP contribution in [-0.2, 0) is 0 Å². The van der Waals surface area contributed by atoms with Gasteiger partial charge in [-0.3, -0.25) is 0 Å². The first kappa shape index (κ1) is 12.1. The first-order chi connectivity index (χ1) is 8.20. The Bertz CT molecular complexity index is 376. The molecule has 0 aliphatic heterocycles. The molecular weight excluding hydrogens is 218 g/mol. The van der Waals surface area contributed by atoms with Crippen molar-refractivity contribution < 1.29 is 5.11 Å². The predicted molar refractivity (Wildman–Crippen MR) is 66.5 cm³/mol. The highest BCUT2D eigenvalue weighted by molar-refractivity contribution is 5.56. The minimum atomic E-state index is -0.138. The molecule has 0 spiro atoms. The maximum atomic E-state index is 9.45. The SMILES string of the molecule is Cc1c(NN)ncnc1NC1CCC(O)CC1. The summed E-state index contributed by atoms with van der Waals surface area (Å²) in [6.45, 7) is 1.93. The second-order valence-corrected chi connectivity index (χ2v) is 4.49. The summed E-state index contributed by atoms with van der Waals surface area (Å²) in [5.41, 5.74) is 3.47. The molecule has 1 heterocycles. The monoisotopic (exact) mass is 237 g/mol. The molecule has 1 fully saturated rings. The topological polar surface area (TPSA) is 96.1 Å². The molecule has 0 aromatic carbocycles. The van der Waals surface area contributed by atoms with Crippen molar-refractivity contribution in [1.82, 2.24) is 9.97 Å². The molecule has 1 aliphatic rings. The van der Waals surface area contributed by atoms with Crippen molar-refractivity contribution in [2.24, 2.45) is 5.84 Å². The molecule has 0 radical (unpaired) electrons. The van der Waals surface area contributed by atoms with Gasteiger partial charge < -0.3 is 15.8 Å². The molecule has 6 nitrogen and oxygen atoms in total. The first-order valence-corrected chi connectivity index (χ1v) is 5.93. The van der Waals surface area contributed by atoms with Gasteiger partial charge in [-0.25, -0.2) is 15.8 Å². The van der Waals surface area contributed by atoms with E-state index in [-0.39, 0.29) is 6.10 Å². The summed E-state index contributed by atoms with van der Waals surface area (Å²) in [4.78, 5) is 8.26. The van der Waals surface area contributed by atoms with Gasteiger partial charge in [0.1, 0.15) is 18.0 Å². The minimum absolute atomic E-state index is 0.138. The van der Waals surface area contributed by atoms with E-state index in [1.807, 2.05) is 6.92 Å². The highest BCUT2D eigenvalue weighted by atomic mass is 16.3. The van der Waals surface area contributed by atoms with Gasteiger partial charge in [0.15, 0.2) is 0 Å². The van der Waals surface area contributed by atoms with Gasteiger partial charge in [0.05, 0.1) is 6.10 Å². The average molecular weight is 237 g/mol. The number of rotatable bonds is 3. The number of nitrogens with one attached hydrogen (secondary N) is 2. The van der Waals surface area contributed by atoms with Crippen molar-refractivity contribution in [1.29, 1.82) is 0 Å². The second-order valence-electron chi connectivity index (χ2n) is 4.49. The molecule has 5 N–H and O–H groups in total. The van der Waals surface area contributed by atoms with E-state index >= 15 is 0 Å². The number of hydrogen-bond acceptors (Lipinski definition) is 6.